The van der Waals surface area contributed by atoms with Gasteiger partial charge >= 0.3 is 0 Å². The molecule has 1 aromatic heterocycles. The summed E-state index contributed by atoms with van der Waals surface area (Å²) >= 11 is 1.61. The van der Waals surface area contributed by atoms with Crippen LogP contribution in [0.5, 0.6) is 0 Å². The highest BCUT2D eigenvalue weighted by molar-refractivity contribution is 7.99. The van der Waals surface area contributed by atoms with Crippen molar-refractivity contribution in [3.63, 3.8) is 0 Å². The molecule has 0 aliphatic carbocycles. The molecule has 132 valence electrons. The Morgan fingerprint density at radius 2 is 2.12 bits per heavy atom. The molecule has 0 bridgehead atoms. The summed E-state index contributed by atoms with van der Waals surface area (Å²) in [6, 6.07) is 8.73. The Hall–Kier alpha value is -2.28. The van der Waals surface area contributed by atoms with Crippen LogP contribution < -0.4 is 5.32 Å². The summed E-state index contributed by atoms with van der Waals surface area (Å²) in [7, 11) is 1.89. The van der Waals surface area contributed by atoms with E-state index in [4.69, 9.17) is 0 Å². The summed E-state index contributed by atoms with van der Waals surface area (Å²) in [5.41, 5.74) is 1.79. The monoisotopic (exact) mass is 358 g/mol. The van der Waals surface area contributed by atoms with Gasteiger partial charge in [-0.3, -0.25) is 14.3 Å². The first kappa shape index (κ1) is 17.5. The largest absolute Gasteiger partial charge is 0.354 e. The Morgan fingerprint density at radius 1 is 1.32 bits per heavy atom. The number of nitrogens with zero attached hydrogens (tertiary/aromatic N) is 3. The van der Waals surface area contributed by atoms with Gasteiger partial charge in [-0.05, 0) is 30.5 Å². The molecule has 0 saturated carbocycles. The van der Waals surface area contributed by atoms with E-state index in [0.717, 1.165) is 18.4 Å². The fraction of sp³-hybridized carbons (Fsp3) is 0.389. The zero-order chi connectivity index (χ0) is 17.6. The van der Waals surface area contributed by atoms with E-state index < -0.39 is 6.04 Å². The molecule has 1 aliphatic heterocycles. The van der Waals surface area contributed by atoms with Crippen LogP contribution in [0.15, 0.2) is 42.7 Å². The highest BCUT2D eigenvalue weighted by Gasteiger charge is 2.34. The van der Waals surface area contributed by atoms with Crippen molar-refractivity contribution in [1.82, 2.24) is 20.0 Å². The lowest BCUT2D eigenvalue weighted by molar-refractivity contribution is -0.124. The predicted octanol–water partition coefficient (Wildman–Crippen LogP) is 1.68. The van der Waals surface area contributed by atoms with Crippen LogP contribution in [0.2, 0.25) is 0 Å². The van der Waals surface area contributed by atoms with Crippen molar-refractivity contribution in [2.45, 2.75) is 18.9 Å². The third-order valence-corrected chi connectivity index (χ3v) is 5.18. The lowest BCUT2D eigenvalue weighted by Gasteiger charge is -2.23. The third-order valence-electron chi connectivity index (χ3n) is 4.17. The van der Waals surface area contributed by atoms with Crippen LogP contribution in [0, 0.1) is 0 Å². The maximum Gasteiger partial charge on any atom is 0.255 e. The molecule has 2 aromatic rings. The Balaban J connectivity index is 1.49. The fourth-order valence-corrected chi connectivity index (χ4v) is 3.98. The van der Waals surface area contributed by atoms with Gasteiger partial charge in [0, 0.05) is 31.1 Å². The highest BCUT2D eigenvalue weighted by atomic mass is 32.2. The SMILES string of the molecule is Cn1cc(CCCNC(=O)C2CSCN2C(=O)c2ccccc2)cn1. The Bertz CT molecular complexity index is 732. The van der Waals surface area contributed by atoms with Crippen LogP contribution in [0.1, 0.15) is 22.3 Å². The van der Waals surface area contributed by atoms with Crippen molar-refractivity contribution >= 4 is 23.6 Å². The van der Waals surface area contributed by atoms with Gasteiger partial charge in [-0.15, -0.1) is 11.8 Å². The Morgan fingerprint density at radius 3 is 2.84 bits per heavy atom. The normalized spacial score (nSPS) is 16.8. The minimum Gasteiger partial charge on any atom is -0.354 e. The molecule has 1 N–H and O–H groups in total. The highest BCUT2D eigenvalue weighted by Crippen LogP contribution is 2.23. The summed E-state index contributed by atoms with van der Waals surface area (Å²) < 4.78 is 1.77. The van der Waals surface area contributed by atoms with Crippen molar-refractivity contribution in [3.8, 4) is 0 Å². The predicted molar refractivity (Wildman–Crippen MR) is 98.3 cm³/mol. The van der Waals surface area contributed by atoms with Gasteiger partial charge in [-0.2, -0.15) is 5.10 Å². The summed E-state index contributed by atoms with van der Waals surface area (Å²) in [6.07, 6.45) is 5.55. The second kappa shape index (κ2) is 8.20. The molecule has 1 aliphatic rings. The zero-order valence-electron chi connectivity index (χ0n) is 14.2. The molecule has 1 atom stereocenters. The molecule has 2 heterocycles. The second-order valence-electron chi connectivity index (χ2n) is 6.07. The molecule has 6 nitrogen and oxygen atoms in total. The number of thioether (sulfide) groups is 1. The molecular formula is C18H22N4O2S. The number of nitrogens with one attached hydrogen (secondary N) is 1. The standard InChI is InChI=1S/C18H22N4O2S/c1-21-11-14(10-20-21)6-5-9-19-17(23)16-12-25-13-22(16)18(24)15-7-3-2-4-8-15/h2-4,7-8,10-11,16H,5-6,9,12-13H2,1H3,(H,19,23). The molecule has 1 aromatic carbocycles. The Kier molecular flexibility index (Phi) is 5.75. The number of rotatable bonds is 6. The number of aromatic nitrogens is 2. The van der Waals surface area contributed by atoms with E-state index in [1.165, 1.54) is 0 Å². The molecular weight excluding hydrogens is 336 g/mol. The molecule has 0 spiro atoms. The third kappa shape index (κ3) is 4.42. The molecule has 2 amide bonds. The fourth-order valence-electron chi connectivity index (χ4n) is 2.83. The molecule has 7 heteroatoms. The minimum absolute atomic E-state index is 0.0690. The number of amides is 2. The van der Waals surface area contributed by atoms with Crippen LogP contribution in [-0.2, 0) is 18.3 Å². The number of aryl methyl sites for hydroxylation is 2. The maximum absolute atomic E-state index is 12.6. The number of carbonyl (C=O) groups excluding carboxylic acids is 2. The summed E-state index contributed by atoms with van der Waals surface area (Å²) in [6.45, 7) is 0.599. The molecule has 0 radical (unpaired) electrons. The first-order chi connectivity index (χ1) is 12.1. The molecule has 25 heavy (non-hydrogen) atoms. The van der Waals surface area contributed by atoms with Gasteiger partial charge in [0.2, 0.25) is 5.91 Å². The van der Waals surface area contributed by atoms with Gasteiger partial charge in [0.25, 0.3) is 5.91 Å². The number of hydrogen-bond acceptors (Lipinski definition) is 4. The number of hydrogen-bond donors (Lipinski definition) is 1. The van der Waals surface area contributed by atoms with Gasteiger partial charge in [0.1, 0.15) is 6.04 Å². The summed E-state index contributed by atoms with van der Waals surface area (Å²) in [4.78, 5) is 26.7. The van der Waals surface area contributed by atoms with Crippen molar-refractivity contribution in [3.05, 3.63) is 53.9 Å². The zero-order valence-corrected chi connectivity index (χ0v) is 15.0. The molecule has 1 unspecified atom stereocenters. The molecule has 3 rings (SSSR count). The van der Waals surface area contributed by atoms with Crippen molar-refractivity contribution < 1.29 is 9.59 Å². The number of carbonyl (C=O) groups is 2. The second-order valence-corrected chi connectivity index (χ2v) is 7.07. The van der Waals surface area contributed by atoms with Crippen molar-refractivity contribution in [2.75, 3.05) is 18.2 Å². The van der Waals surface area contributed by atoms with Gasteiger partial charge < -0.3 is 10.2 Å². The van der Waals surface area contributed by atoms with Gasteiger partial charge in [0.05, 0.1) is 12.1 Å². The van der Waals surface area contributed by atoms with E-state index >= 15 is 0 Å². The van der Waals surface area contributed by atoms with Gasteiger partial charge in [-0.1, -0.05) is 18.2 Å². The van der Waals surface area contributed by atoms with Crippen LogP contribution >= 0.6 is 11.8 Å². The van der Waals surface area contributed by atoms with E-state index in [-0.39, 0.29) is 11.8 Å². The van der Waals surface area contributed by atoms with E-state index in [9.17, 15) is 9.59 Å². The van der Waals surface area contributed by atoms with Crippen LogP contribution in [0.4, 0.5) is 0 Å². The quantitative estimate of drug-likeness (QED) is 0.798. The van der Waals surface area contributed by atoms with Crippen LogP contribution in [0.25, 0.3) is 0 Å². The minimum atomic E-state index is -0.393. The van der Waals surface area contributed by atoms with E-state index in [1.54, 1.807) is 33.5 Å². The van der Waals surface area contributed by atoms with Crippen LogP contribution in [0.3, 0.4) is 0 Å². The summed E-state index contributed by atoms with van der Waals surface area (Å²) in [5.74, 6) is 1.05. The van der Waals surface area contributed by atoms with Crippen LogP contribution in [-0.4, -0.2) is 50.7 Å². The summed E-state index contributed by atoms with van der Waals surface area (Å²) in [5, 5.41) is 7.10. The number of benzene rings is 1. The lowest BCUT2D eigenvalue weighted by atomic mass is 10.1. The van der Waals surface area contributed by atoms with Gasteiger partial charge in [0.15, 0.2) is 0 Å². The lowest BCUT2D eigenvalue weighted by Crippen LogP contribution is -2.47. The van der Waals surface area contributed by atoms with Gasteiger partial charge in [-0.25, -0.2) is 0 Å². The average molecular weight is 358 g/mol. The first-order valence-corrected chi connectivity index (χ1v) is 9.49. The van der Waals surface area contributed by atoms with E-state index in [2.05, 4.69) is 10.4 Å². The van der Waals surface area contributed by atoms with E-state index in [0.29, 0.717) is 23.7 Å². The molecule has 1 saturated heterocycles. The topological polar surface area (TPSA) is 67.2 Å². The average Bonchev–Trinajstić information content (AvgIpc) is 3.28. The first-order valence-electron chi connectivity index (χ1n) is 8.34. The van der Waals surface area contributed by atoms with Crippen molar-refractivity contribution in [1.29, 1.82) is 0 Å². The molecule has 1 fully saturated rings. The maximum atomic E-state index is 12.6. The smallest absolute Gasteiger partial charge is 0.255 e. The Labute approximate surface area is 151 Å². The van der Waals surface area contributed by atoms with E-state index in [1.807, 2.05) is 37.6 Å². The van der Waals surface area contributed by atoms with Crippen molar-refractivity contribution in [2.24, 2.45) is 7.05 Å².